The molecule has 3 rings (SSSR count). The number of carbonyl (C=O) groups is 2. The van der Waals surface area contributed by atoms with Gasteiger partial charge in [-0.05, 0) is 55.7 Å². The molecule has 1 fully saturated rings. The lowest BCUT2D eigenvalue weighted by molar-refractivity contribution is -0.127. The highest BCUT2D eigenvalue weighted by molar-refractivity contribution is 8.15. The Balaban J connectivity index is 1.76. The molecule has 1 atom stereocenters. The zero-order valence-corrected chi connectivity index (χ0v) is 17.8. The number of nitrogens with one attached hydrogen (secondary N) is 1. The lowest BCUT2D eigenvalue weighted by atomic mass is 10.1. The molecule has 150 valence electrons. The van der Waals surface area contributed by atoms with Gasteiger partial charge in [-0.15, -0.1) is 6.58 Å². The van der Waals surface area contributed by atoms with Crippen LogP contribution in [0.25, 0.3) is 0 Å². The van der Waals surface area contributed by atoms with Crippen molar-refractivity contribution in [1.29, 1.82) is 0 Å². The first-order valence-electron chi connectivity index (χ1n) is 9.49. The number of anilines is 1. The zero-order valence-electron chi connectivity index (χ0n) is 16.9. The van der Waals surface area contributed by atoms with E-state index < -0.39 is 5.25 Å². The zero-order chi connectivity index (χ0) is 21.0. The van der Waals surface area contributed by atoms with Gasteiger partial charge in [0.2, 0.25) is 11.8 Å². The molecule has 1 aliphatic rings. The molecule has 5 nitrogen and oxygen atoms in total. The number of nitrogens with zero attached hydrogens (tertiary/aromatic N) is 2. The summed E-state index contributed by atoms with van der Waals surface area (Å²) in [6.07, 6.45) is 1.76. The van der Waals surface area contributed by atoms with Crippen molar-refractivity contribution in [2.75, 3.05) is 11.9 Å². The lowest BCUT2D eigenvalue weighted by Crippen LogP contribution is -2.33. The van der Waals surface area contributed by atoms with Gasteiger partial charge in [-0.25, -0.2) is 4.99 Å². The minimum Gasteiger partial charge on any atom is -0.326 e. The number of rotatable bonds is 6. The highest BCUT2D eigenvalue weighted by Gasteiger charge is 2.38. The van der Waals surface area contributed by atoms with E-state index in [1.165, 1.54) is 11.8 Å². The number of aryl methyl sites for hydroxylation is 3. The molecule has 29 heavy (non-hydrogen) atoms. The highest BCUT2D eigenvalue weighted by atomic mass is 32.2. The first kappa shape index (κ1) is 20.9. The molecule has 2 aromatic rings. The first-order chi connectivity index (χ1) is 13.9. The third-order valence-electron chi connectivity index (χ3n) is 4.60. The molecule has 1 saturated heterocycles. The summed E-state index contributed by atoms with van der Waals surface area (Å²) < 4.78 is 0. The van der Waals surface area contributed by atoms with Crippen molar-refractivity contribution < 1.29 is 9.59 Å². The van der Waals surface area contributed by atoms with Crippen LogP contribution in [-0.4, -0.2) is 33.7 Å². The maximum atomic E-state index is 12.9. The molecule has 0 radical (unpaired) electrons. The van der Waals surface area contributed by atoms with Gasteiger partial charge in [-0.2, -0.15) is 0 Å². The minimum atomic E-state index is -0.497. The van der Waals surface area contributed by atoms with Crippen LogP contribution in [0, 0.1) is 20.8 Å². The highest BCUT2D eigenvalue weighted by Crippen LogP contribution is 2.32. The number of amides is 2. The van der Waals surface area contributed by atoms with E-state index in [9.17, 15) is 9.59 Å². The second-order valence-electron chi connectivity index (χ2n) is 7.15. The molecule has 1 N–H and O–H groups in total. The predicted octanol–water partition coefficient (Wildman–Crippen LogP) is 4.76. The van der Waals surface area contributed by atoms with Gasteiger partial charge in [0, 0.05) is 18.7 Å². The van der Waals surface area contributed by atoms with Crippen molar-refractivity contribution in [2.24, 2.45) is 4.99 Å². The van der Waals surface area contributed by atoms with Gasteiger partial charge in [0.1, 0.15) is 5.25 Å². The Morgan fingerprint density at radius 3 is 2.69 bits per heavy atom. The van der Waals surface area contributed by atoms with Crippen LogP contribution in [-0.2, 0) is 9.59 Å². The van der Waals surface area contributed by atoms with Crippen molar-refractivity contribution in [3.8, 4) is 0 Å². The van der Waals surface area contributed by atoms with Crippen LogP contribution >= 0.6 is 11.8 Å². The van der Waals surface area contributed by atoms with E-state index in [-0.39, 0.29) is 18.2 Å². The minimum absolute atomic E-state index is 0.0946. The molecule has 0 spiro atoms. The van der Waals surface area contributed by atoms with E-state index in [1.54, 1.807) is 11.0 Å². The normalized spacial score (nSPS) is 17.6. The van der Waals surface area contributed by atoms with Gasteiger partial charge in [0.05, 0.1) is 5.69 Å². The summed E-state index contributed by atoms with van der Waals surface area (Å²) in [6.45, 7) is 10.0. The predicted molar refractivity (Wildman–Crippen MR) is 121 cm³/mol. The summed E-state index contributed by atoms with van der Waals surface area (Å²) in [7, 11) is 0. The summed E-state index contributed by atoms with van der Waals surface area (Å²) in [6, 6.07) is 13.7. The number of benzene rings is 2. The topological polar surface area (TPSA) is 61.8 Å². The van der Waals surface area contributed by atoms with Crippen LogP contribution in [0.5, 0.6) is 0 Å². The van der Waals surface area contributed by atoms with Crippen LogP contribution in [0.15, 0.2) is 60.1 Å². The molecule has 0 bridgehead atoms. The van der Waals surface area contributed by atoms with Gasteiger partial charge in [-0.1, -0.05) is 42.1 Å². The molecule has 1 heterocycles. The fraction of sp³-hybridized carbons (Fsp3) is 0.261. The fourth-order valence-corrected chi connectivity index (χ4v) is 4.24. The average molecular weight is 408 g/mol. The van der Waals surface area contributed by atoms with Gasteiger partial charge in [0.15, 0.2) is 5.17 Å². The Hall–Kier alpha value is -2.86. The number of carbonyl (C=O) groups excluding carboxylic acids is 2. The molecule has 0 aromatic heterocycles. The Bertz CT molecular complexity index is 984. The molecule has 0 saturated carbocycles. The van der Waals surface area contributed by atoms with Gasteiger partial charge in [0.25, 0.3) is 0 Å². The molecule has 1 aliphatic heterocycles. The average Bonchev–Trinajstić information content (AvgIpc) is 2.94. The Labute approximate surface area is 175 Å². The van der Waals surface area contributed by atoms with Crippen molar-refractivity contribution in [3.63, 3.8) is 0 Å². The van der Waals surface area contributed by atoms with Gasteiger partial charge in [-0.3, -0.25) is 14.5 Å². The number of hydrogen-bond acceptors (Lipinski definition) is 4. The van der Waals surface area contributed by atoms with Gasteiger partial charge < -0.3 is 5.32 Å². The van der Waals surface area contributed by atoms with E-state index in [0.29, 0.717) is 11.7 Å². The third-order valence-corrected chi connectivity index (χ3v) is 5.77. The second-order valence-corrected chi connectivity index (χ2v) is 8.32. The third kappa shape index (κ3) is 5.15. The molecular weight excluding hydrogens is 382 g/mol. The summed E-state index contributed by atoms with van der Waals surface area (Å²) in [5.41, 5.74) is 4.73. The monoisotopic (exact) mass is 407 g/mol. The van der Waals surface area contributed by atoms with E-state index in [1.807, 2.05) is 63.2 Å². The Morgan fingerprint density at radius 1 is 1.21 bits per heavy atom. The van der Waals surface area contributed by atoms with Crippen LogP contribution in [0.1, 0.15) is 23.1 Å². The second kappa shape index (κ2) is 9.09. The molecule has 2 aromatic carbocycles. The lowest BCUT2D eigenvalue weighted by Gasteiger charge is -2.14. The summed E-state index contributed by atoms with van der Waals surface area (Å²) >= 11 is 1.33. The number of hydrogen-bond donors (Lipinski definition) is 1. The summed E-state index contributed by atoms with van der Waals surface area (Å²) in [5.74, 6) is -0.294. The van der Waals surface area contributed by atoms with Crippen LogP contribution in [0.2, 0.25) is 0 Å². The maximum absolute atomic E-state index is 12.9. The van der Waals surface area contributed by atoms with E-state index in [2.05, 4.69) is 16.9 Å². The van der Waals surface area contributed by atoms with Crippen LogP contribution in [0.3, 0.4) is 0 Å². The van der Waals surface area contributed by atoms with Crippen molar-refractivity contribution in [2.45, 2.75) is 32.4 Å². The van der Waals surface area contributed by atoms with E-state index in [0.717, 1.165) is 28.1 Å². The SMILES string of the molecule is C=CCN1C(=O)[C@@H](CC(=O)Nc2cc(C)ccc2C)SC1=Nc1cccc(C)c1. The van der Waals surface area contributed by atoms with E-state index >= 15 is 0 Å². The fourth-order valence-electron chi connectivity index (χ4n) is 3.07. The smallest absolute Gasteiger partial charge is 0.242 e. The quantitative estimate of drug-likeness (QED) is 0.703. The van der Waals surface area contributed by atoms with Gasteiger partial charge >= 0.3 is 0 Å². The molecule has 2 amide bonds. The molecule has 0 unspecified atom stereocenters. The number of thioether (sulfide) groups is 1. The van der Waals surface area contributed by atoms with Crippen molar-refractivity contribution >= 4 is 40.1 Å². The maximum Gasteiger partial charge on any atom is 0.242 e. The largest absolute Gasteiger partial charge is 0.326 e. The summed E-state index contributed by atoms with van der Waals surface area (Å²) in [4.78, 5) is 31.7. The van der Waals surface area contributed by atoms with E-state index in [4.69, 9.17) is 0 Å². The Kier molecular flexibility index (Phi) is 6.54. The molecular formula is C23H25N3O2S. The Morgan fingerprint density at radius 2 is 1.97 bits per heavy atom. The number of amidine groups is 1. The standard InChI is InChI=1S/C23H25N3O2S/c1-5-11-26-22(28)20(29-23(26)24-18-8-6-7-15(2)12-18)14-21(27)25-19-13-16(3)9-10-17(19)4/h5-10,12-13,20H,1,11,14H2,2-4H3,(H,25,27)/t20-/m1/s1. The van der Waals surface area contributed by atoms with Crippen LogP contribution < -0.4 is 5.32 Å². The number of aliphatic imine (C=N–C) groups is 1. The molecule has 0 aliphatic carbocycles. The summed E-state index contributed by atoms with van der Waals surface area (Å²) in [5, 5.41) is 3.04. The van der Waals surface area contributed by atoms with Crippen molar-refractivity contribution in [3.05, 3.63) is 71.8 Å². The molecule has 6 heteroatoms. The van der Waals surface area contributed by atoms with Crippen molar-refractivity contribution in [1.82, 2.24) is 4.90 Å². The first-order valence-corrected chi connectivity index (χ1v) is 10.4. The van der Waals surface area contributed by atoms with Crippen LogP contribution in [0.4, 0.5) is 11.4 Å².